The van der Waals surface area contributed by atoms with E-state index in [4.69, 9.17) is 4.74 Å². The highest BCUT2D eigenvalue weighted by molar-refractivity contribution is 7.13. The van der Waals surface area contributed by atoms with Gasteiger partial charge in [-0.25, -0.2) is 13.8 Å². The van der Waals surface area contributed by atoms with Crippen LogP contribution in [0.2, 0.25) is 0 Å². The zero-order chi connectivity index (χ0) is 26.0. The van der Waals surface area contributed by atoms with Crippen LogP contribution in [0.15, 0.2) is 53.2 Å². The highest BCUT2D eigenvalue weighted by Gasteiger charge is 2.34. The van der Waals surface area contributed by atoms with E-state index in [1.807, 2.05) is 0 Å². The van der Waals surface area contributed by atoms with Crippen LogP contribution in [0.3, 0.4) is 0 Å². The third kappa shape index (κ3) is 5.01. The molecule has 0 fully saturated rings. The van der Waals surface area contributed by atoms with E-state index in [2.05, 4.69) is 25.5 Å². The summed E-state index contributed by atoms with van der Waals surface area (Å²) in [5, 5.41) is 21.1. The first-order chi connectivity index (χ1) is 17.1. The second-order valence-corrected chi connectivity index (χ2v) is 7.96. The Balaban J connectivity index is 1.93. The van der Waals surface area contributed by atoms with E-state index in [1.165, 1.54) is 18.7 Å². The van der Waals surface area contributed by atoms with Crippen LogP contribution in [0, 0.1) is 0 Å². The molecule has 4 heterocycles. The van der Waals surface area contributed by atoms with Crippen molar-refractivity contribution < 1.29 is 31.8 Å². The van der Waals surface area contributed by atoms with Crippen molar-refractivity contribution in [2.75, 3.05) is 12.4 Å². The molecule has 0 aliphatic rings. The van der Waals surface area contributed by atoms with Gasteiger partial charge in [0.2, 0.25) is 5.13 Å². The summed E-state index contributed by atoms with van der Waals surface area (Å²) in [6.07, 6.45) is -6.14. The van der Waals surface area contributed by atoms with Crippen molar-refractivity contribution in [2.24, 2.45) is 0 Å². The molecule has 0 saturated heterocycles. The molecular weight excluding hydrogens is 511 g/mol. The molecule has 2 N–H and O–H groups in total. The van der Waals surface area contributed by atoms with Gasteiger partial charge in [0.1, 0.15) is 28.3 Å². The normalized spacial score (nSPS) is 12.6. The second kappa shape index (κ2) is 9.94. The maximum absolute atomic E-state index is 13.4. The number of anilines is 1. The van der Waals surface area contributed by atoms with Crippen LogP contribution >= 0.6 is 11.3 Å². The molecule has 0 aromatic carbocycles. The first-order valence-corrected chi connectivity index (χ1v) is 10.8. The van der Waals surface area contributed by atoms with Crippen molar-refractivity contribution in [3.63, 3.8) is 0 Å². The number of nitrogens with zero attached hydrogens (tertiary/aromatic N) is 5. The molecule has 1 unspecified atom stereocenters. The Labute approximate surface area is 202 Å². The summed E-state index contributed by atoms with van der Waals surface area (Å²) in [4.78, 5) is 20.2. The van der Waals surface area contributed by atoms with Crippen LogP contribution in [0.1, 0.15) is 29.5 Å². The van der Waals surface area contributed by atoms with Crippen molar-refractivity contribution in [3.8, 4) is 22.7 Å². The molecule has 0 bridgehead atoms. The lowest BCUT2D eigenvalue weighted by atomic mass is 9.99. The SMILES string of the molecule is COc1cnc(C(F)F)cc1-c1cc(-n2cccc(C(F)(F)F)c2=O)ncc1C(O)Nc1nncs1. The summed E-state index contributed by atoms with van der Waals surface area (Å²) in [6.45, 7) is 0. The lowest BCUT2D eigenvalue weighted by Crippen LogP contribution is -2.27. The van der Waals surface area contributed by atoms with Gasteiger partial charge in [-0.15, -0.1) is 10.2 Å². The van der Waals surface area contributed by atoms with E-state index in [1.54, 1.807) is 0 Å². The minimum atomic E-state index is -4.91. The molecule has 0 radical (unpaired) electrons. The zero-order valence-electron chi connectivity index (χ0n) is 18.1. The predicted octanol–water partition coefficient (Wildman–Crippen LogP) is 4.21. The zero-order valence-corrected chi connectivity index (χ0v) is 18.9. The number of aliphatic hydroxyl groups excluding tert-OH is 1. The lowest BCUT2D eigenvalue weighted by Gasteiger charge is -2.19. The Morgan fingerprint density at radius 3 is 2.58 bits per heavy atom. The molecule has 0 aliphatic carbocycles. The Morgan fingerprint density at radius 1 is 1.17 bits per heavy atom. The van der Waals surface area contributed by atoms with Crippen LogP contribution in [-0.2, 0) is 6.18 Å². The van der Waals surface area contributed by atoms with Crippen LogP contribution in [-0.4, -0.2) is 36.9 Å². The van der Waals surface area contributed by atoms with Crippen molar-refractivity contribution in [3.05, 3.63) is 75.5 Å². The minimum Gasteiger partial charge on any atom is -0.494 e. The molecule has 0 aliphatic heterocycles. The molecule has 0 amide bonds. The quantitative estimate of drug-likeness (QED) is 0.272. The number of alkyl halides is 5. The number of pyridine rings is 3. The van der Waals surface area contributed by atoms with Gasteiger partial charge in [-0.2, -0.15) is 13.2 Å². The van der Waals surface area contributed by atoms with Gasteiger partial charge in [0, 0.05) is 23.5 Å². The van der Waals surface area contributed by atoms with Gasteiger partial charge < -0.3 is 15.2 Å². The maximum Gasteiger partial charge on any atom is 0.421 e. The molecule has 1 atom stereocenters. The fourth-order valence-electron chi connectivity index (χ4n) is 3.31. The number of rotatable bonds is 7. The average molecular weight is 526 g/mol. The van der Waals surface area contributed by atoms with E-state index in [0.29, 0.717) is 10.6 Å². The van der Waals surface area contributed by atoms with Gasteiger partial charge in [-0.05, 0) is 29.8 Å². The Bertz CT molecular complexity index is 1430. The summed E-state index contributed by atoms with van der Waals surface area (Å²) in [7, 11) is 1.26. The van der Waals surface area contributed by atoms with Gasteiger partial charge in [0.15, 0.2) is 6.23 Å². The van der Waals surface area contributed by atoms with Crippen LogP contribution in [0.4, 0.5) is 27.1 Å². The molecule has 4 rings (SSSR count). The monoisotopic (exact) mass is 526 g/mol. The van der Waals surface area contributed by atoms with Crippen molar-refractivity contribution in [1.29, 1.82) is 0 Å². The minimum absolute atomic E-state index is 0.0253. The van der Waals surface area contributed by atoms with Crippen LogP contribution in [0.5, 0.6) is 5.75 Å². The highest BCUT2D eigenvalue weighted by Crippen LogP contribution is 2.37. The molecule has 4 aromatic rings. The molecule has 0 saturated carbocycles. The smallest absolute Gasteiger partial charge is 0.421 e. The van der Waals surface area contributed by atoms with E-state index in [0.717, 1.165) is 42.1 Å². The van der Waals surface area contributed by atoms with E-state index >= 15 is 0 Å². The number of ether oxygens (including phenoxy) is 1. The molecule has 15 heteroatoms. The van der Waals surface area contributed by atoms with Gasteiger partial charge in [-0.1, -0.05) is 11.3 Å². The Kier molecular flexibility index (Phi) is 6.94. The van der Waals surface area contributed by atoms with E-state index in [9.17, 15) is 31.9 Å². The number of hydrogen-bond donors (Lipinski definition) is 2. The first-order valence-electron chi connectivity index (χ1n) is 9.92. The largest absolute Gasteiger partial charge is 0.494 e. The standard InChI is InChI=1S/C21H15F5N6O3S/c1-35-15-8-27-14(17(22)23)5-11(15)10-6-16(32-4-2-3-13(19(32)34)21(24,25)26)28-7-12(10)18(33)30-20-31-29-9-36-20/h2-9,17-18,33H,1H3,(H,30,31). The van der Waals surface area contributed by atoms with Gasteiger partial charge >= 0.3 is 6.18 Å². The fraction of sp³-hybridized carbons (Fsp3) is 0.190. The summed E-state index contributed by atoms with van der Waals surface area (Å²) in [5.41, 5.74) is -1.93. The van der Waals surface area contributed by atoms with Gasteiger partial charge in [-0.3, -0.25) is 14.3 Å². The summed E-state index contributed by atoms with van der Waals surface area (Å²) in [5.74, 6) is -0.234. The summed E-state index contributed by atoms with van der Waals surface area (Å²) in [6, 6.07) is 3.84. The second-order valence-electron chi connectivity index (χ2n) is 7.13. The van der Waals surface area contributed by atoms with Crippen molar-refractivity contribution in [1.82, 2.24) is 24.7 Å². The van der Waals surface area contributed by atoms with Gasteiger partial charge in [0.05, 0.1) is 13.3 Å². The van der Waals surface area contributed by atoms with Crippen LogP contribution < -0.4 is 15.6 Å². The van der Waals surface area contributed by atoms with Gasteiger partial charge in [0.25, 0.3) is 12.0 Å². The molecule has 0 spiro atoms. The number of aliphatic hydroxyl groups is 1. The third-order valence-electron chi connectivity index (χ3n) is 4.96. The molecule has 4 aromatic heterocycles. The number of nitrogens with one attached hydrogen (secondary N) is 1. The van der Waals surface area contributed by atoms with Crippen molar-refractivity contribution in [2.45, 2.75) is 18.8 Å². The first kappa shape index (κ1) is 25.1. The predicted molar refractivity (Wildman–Crippen MR) is 118 cm³/mol. The molecule has 188 valence electrons. The average Bonchev–Trinajstić information content (AvgIpc) is 3.35. The molecular formula is C21H15F5N6O3S. The Hall–Kier alpha value is -3.98. The molecule has 36 heavy (non-hydrogen) atoms. The Morgan fingerprint density at radius 2 is 1.94 bits per heavy atom. The number of halogens is 5. The summed E-state index contributed by atoms with van der Waals surface area (Å²) >= 11 is 1.07. The fourth-order valence-corrected chi connectivity index (χ4v) is 3.78. The number of methoxy groups -OCH3 is 1. The number of hydrogen-bond acceptors (Lipinski definition) is 9. The van der Waals surface area contributed by atoms with E-state index in [-0.39, 0.29) is 33.4 Å². The summed E-state index contributed by atoms with van der Waals surface area (Å²) < 4.78 is 72.6. The van der Waals surface area contributed by atoms with Crippen molar-refractivity contribution >= 4 is 16.5 Å². The van der Waals surface area contributed by atoms with Crippen LogP contribution in [0.25, 0.3) is 16.9 Å². The topological polar surface area (TPSA) is 115 Å². The van der Waals surface area contributed by atoms with E-state index < -0.39 is 35.6 Å². The number of aromatic nitrogens is 5. The highest BCUT2D eigenvalue weighted by atomic mass is 32.1. The lowest BCUT2D eigenvalue weighted by molar-refractivity contribution is -0.138. The molecule has 9 nitrogen and oxygen atoms in total. The maximum atomic E-state index is 13.4. The third-order valence-corrected chi connectivity index (χ3v) is 5.58.